The number of primary amides is 1. The zero-order chi connectivity index (χ0) is 23.4. The van der Waals surface area contributed by atoms with Gasteiger partial charge in [-0.2, -0.15) is 0 Å². The Hall–Kier alpha value is -4.33. The molecule has 1 amide bonds. The highest BCUT2D eigenvalue weighted by molar-refractivity contribution is 5.92. The van der Waals surface area contributed by atoms with E-state index in [9.17, 15) is 4.79 Å². The third-order valence-corrected chi connectivity index (χ3v) is 5.15. The smallest absolute Gasteiger partial charge is 0.248 e. The predicted molar refractivity (Wildman–Crippen MR) is 126 cm³/mol. The third kappa shape index (κ3) is 4.95. The first kappa shape index (κ1) is 21.9. The Morgan fingerprint density at radius 2 is 1.70 bits per heavy atom. The highest BCUT2D eigenvalue weighted by Gasteiger charge is 2.09. The van der Waals surface area contributed by atoms with Crippen LogP contribution in [0.1, 0.15) is 21.5 Å². The number of hydrogen-bond donors (Lipinski definition) is 2. The van der Waals surface area contributed by atoms with Gasteiger partial charge in [-0.15, -0.1) is 0 Å². The fraction of sp³-hybridized carbons (Fsp3) is 0.160. The molecule has 0 radical (unpaired) electrons. The number of carbonyl (C=O) groups is 1. The van der Waals surface area contributed by atoms with Crippen LogP contribution >= 0.6 is 0 Å². The van der Waals surface area contributed by atoms with Crippen LogP contribution in [0.25, 0.3) is 10.9 Å². The van der Waals surface area contributed by atoms with E-state index in [1.54, 1.807) is 32.5 Å². The van der Waals surface area contributed by atoms with Crippen molar-refractivity contribution in [3.63, 3.8) is 0 Å². The maximum Gasteiger partial charge on any atom is 0.248 e. The SMILES string of the molecule is COc1cc2cnc(Nc3ccc(OCc4ccc(C(N)=O)cc4)c(C)c3)nc2cc1OC. The standard InChI is InChI=1S/C25H24N4O4/c1-15-10-19(8-9-21(15)33-14-16-4-6-17(7-5-16)24(26)30)28-25-27-13-18-11-22(31-2)23(32-3)12-20(18)29-25/h4-13H,14H2,1-3H3,(H2,26,30)(H,27,28,29). The van der Waals surface area contributed by atoms with E-state index in [0.29, 0.717) is 29.6 Å². The van der Waals surface area contributed by atoms with Crippen LogP contribution in [0.2, 0.25) is 0 Å². The molecule has 8 nitrogen and oxygen atoms in total. The number of rotatable bonds is 8. The second kappa shape index (κ2) is 9.44. The number of fused-ring (bicyclic) bond motifs is 1. The summed E-state index contributed by atoms with van der Waals surface area (Å²) in [6, 6.07) is 16.5. The van der Waals surface area contributed by atoms with Gasteiger partial charge in [0.1, 0.15) is 12.4 Å². The summed E-state index contributed by atoms with van der Waals surface area (Å²) in [6.07, 6.45) is 1.74. The van der Waals surface area contributed by atoms with Crippen LogP contribution in [0.3, 0.4) is 0 Å². The quantitative estimate of drug-likeness (QED) is 0.415. The van der Waals surface area contributed by atoms with Gasteiger partial charge >= 0.3 is 0 Å². The lowest BCUT2D eigenvalue weighted by Crippen LogP contribution is -2.10. The lowest BCUT2D eigenvalue weighted by molar-refractivity contribution is 0.1000. The summed E-state index contributed by atoms with van der Waals surface area (Å²) in [5.74, 6) is 2.02. The van der Waals surface area contributed by atoms with E-state index in [-0.39, 0.29) is 0 Å². The molecule has 1 heterocycles. The summed E-state index contributed by atoms with van der Waals surface area (Å²) in [4.78, 5) is 20.2. The lowest BCUT2D eigenvalue weighted by atomic mass is 10.1. The summed E-state index contributed by atoms with van der Waals surface area (Å²) in [5.41, 5.74) is 9.23. The number of amides is 1. The molecule has 3 N–H and O–H groups in total. The fourth-order valence-electron chi connectivity index (χ4n) is 3.36. The summed E-state index contributed by atoms with van der Waals surface area (Å²) in [7, 11) is 3.18. The van der Waals surface area contributed by atoms with Crippen molar-refractivity contribution in [2.45, 2.75) is 13.5 Å². The van der Waals surface area contributed by atoms with E-state index < -0.39 is 5.91 Å². The van der Waals surface area contributed by atoms with Gasteiger partial charge in [0.15, 0.2) is 11.5 Å². The topological polar surface area (TPSA) is 109 Å². The molecule has 0 aliphatic rings. The van der Waals surface area contributed by atoms with Crippen molar-refractivity contribution in [3.8, 4) is 17.2 Å². The second-order valence-corrected chi connectivity index (χ2v) is 7.41. The Bertz CT molecular complexity index is 1310. The minimum absolute atomic E-state index is 0.381. The molecule has 0 spiro atoms. The van der Waals surface area contributed by atoms with Gasteiger partial charge in [0.2, 0.25) is 11.9 Å². The van der Waals surface area contributed by atoms with Gasteiger partial charge in [-0.3, -0.25) is 4.79 Å². The molecule has 0 unspecified atom stereocenters. The Morgan fingerprint density at radius 3 is 2.36 bits per heavy atom. The molecule has 4 rings (SSSR count). The van der Waals surface area contributed by atoms with Crippen molar-refractivity contribution in [1.29, 1.82) is 0 Å². The number of anilines is 2. The van der Waals surface area contributed by atoms with Gasteiger partial charge in [-0.05, 0) is 54.4 Å². The van der Waals surface area contributed by atoms with Crippen LogP contribution in [0.4, 0.5) is 11.6 Å². The van der Waals surface area contributed by atoms with Crippen LogP contribution in [-0.4, -0.2) is 30.1 Å². The largest absolute Gasteiger partial charge is 0.493 e. The van der Waals surface area contributed by atoms with Crippen molar-refractivity contribution in [1.82, 2.24) is 9.97 Å². The first-order valence-electron chi connectivity index (χ1n) is 10.2. The van der Waals surface area contributed by atoms with Crippen LogP contribution in [0.15, 0.2) is 60.8 Å². The van der Waals surface area contributed by atoms with Gasteiger partial charge in [0.25, 0.3) is 0 Å². The van der Waals surface area contributed by atoms with Crippen LogP contribution in [-0.2, 0) is 6.61 Å². The number of methoxy groups -OCH3 is 2. The van der Waals surface area contributed by atoms with Crippen molar-refractivity contribution >= 4 is 28.4 Å². The highest BCUT2D eigenvalue weighted by Crippen LogP contribution is 2.32. The number of hydrogen-bond acceptors (Lipinski definition) is 7. The van der Waals surface area contributed by atoms with Crippen molar-refractivity contribution in [2.24, 2.45) is 5.73 Å². The number of ether oxygens (including phenoxy) is 3. The zero-order valence-corrected chi connectivity index (χ0v) is 18.6. The maximum absolute atomic E-state index is 11.2. The molecule has 0 atom stereocenters. The van der Waals surface area contributed by atoms with Crippen molar-refractivity contribution < 1.29 is 19.0 Å². The molecule has 4 aromatic rings. The highest BCUT2D eigenvalue weighted by atomic mass is 16.5. The van der Waals surface area contributed by atoms with Gasteiger partial charge in [0.05, 0.1) is 19.7 Å². The van der Waals surface area contributed by atoms with Crippen LogP contribution in [0.5, 0.6) is 17.2 Å². The molecule has 8 heteroatoms. The average Bonchev–Trinajstić information content (AvgIpc) is 2.82. The molecule has 0 bridgehead atoms. The molecule has 168 valence electrons. The Kier molecular flexibility index (Phi) is 6.26. The van der Waals surface area contributed by atoms with Crippen LogP contribution in [0, 0.1) is 6.92 Å². The number of carbonyl (C=O) groups excluding carboxylic acids is 1. The molecule has 0 saturated heterocycles. The number of benzene rings is 3. The van der Waals surface area contributed by atoms with Crippen molar-refractivity contribution in [3.05, 3.63) is 77.5 Å². The van der Waals surface area contributed by atoms with Crippen molar-refractivity contribution in [2.75, 3.05) is 19.5 Å². The summed E-state index contributed by atoms with van der Waals surface area (Å²) in [6.45, 7) is 2.35. The number of nitrogens with zero attached hydrogens (tertiary/aromatic N) is 2. The second-order valence-electron chi connectivity index (χ2n) is 7.41. The molecule has 0 aliphatic carbocycles. The van der Waals surface area contributed by atoms with Gasteiger partial charge in [-0.25, -0.2) is 9.97 Å². The number of aromatic nitrogens is 2. The maximum atomic E-state index is 11.2. The van der Waals surface area contributed by atoms with E-state index in [0.717, 1.165) is 33.5 Å². The molecule has 3 aromatic carbocycles. The van der Waals surface area contributed by atoms with E-state index in [1.165, 1.54) is 0 Å². The number of aryl methyl sites for hydroxylation is 1. The van der Waals surface area contributed by atoms with E-state index in [4.69, 9.17) is 19.9 Å². The molecule has 33 heavy (non-hydrogen) atoms. The van der Waals surface area contributed by atoms with E-state index in [2.05, 4.69) is 15.3 Å². The normalized spacial score (nSPS) is 10.6. The minimum atomic E-state index is -0.448. The summed E-state index contributed by atoms with van der Waals surface area (Å²) >= 11 is 0. The molecule has 1 aromatic heterocycles. The first-order chi connectivity index (χ1) is 16.0. The lowest BCUT2D eigenvalue weighted by Gasteiger charge is -2.12. The van der Waals surface area contributed by atoms with Crippen LogP contribution < -0.4 is 25.3 Å². The predicted octanol–water partition coefficient (Wildman–Crippen LogP) is 4.38. The Morgan fingerprint density at radius 1 is 0.970 bits per heavy atom. The molecular formula is C25H24N4O4. The average molecular weight is 444 g/mol. The van der Waals surface area contributed by atoms with Gasteiger partial charge in [0, 0.05) is 28.9 Å². The molecule has 0 fully saturated rings. The van der Waals surface area contributed by atoms with Gasteiger partial charge < -0.3 is 25.3 Å². The Labute approximate surface area is 191 Å². The summed E-state index contributed by atoms with van der Waals surface area (Å²) in [5, 5.41) is 4.08. The first-order valence-corrected chi connectivity index (χ1v) is 10.2. The van der Waals surface area contributed by atoms with E-state index >= 15 is 0 Å². The van der Waals surface area contributed by atoms with E-state index in [1.807, 2.05) is 49.4 Å². The molecule has 0 saturated carbocycles. The zero-order valence-electron chi connectivity index (χ0n) is 18.6. The minimum Gasteiger partial charge on any atom is -0.493 e. The number of nitrogens with one attached hydrogen (secondary N) is 1. The fourth-order valence-corrected chi connectivity index (χ4v) is 3.36. The van der Waals surface area contributed by atoms with Gasteiger partial charge in [-0.1, -0.05) is 12.1 Å². The molecular weight excluding hydrogens is 420 g/mol. The summed E-state index contributed by atoms with van der Waals surface area (Å²) < 4.78 is 16.6. The third-order valence-electron chi connectivity index (χ3n) is 5.15. The Balaban J connectivity index is 1.46. The monoisotopic (exact) mass is 444 g/mol. The molecule has 0 aliphatic heterocycles. The number of nitrogens with two attached hydrogens (primary N) is 1.